The normalized spacial score (nSPS) is 16.6. The Labute approximate surface area is 168 Å². The molecule has 1 aliphatic rings. The molecule has 28 heavy (non-hydrogen) atoms. The van der Waals surface area contributed by atoms with Gasteiger partial charge in [0.2, 0.25) is 0 Å². The molecular weight excluding hydrogens is 350 g/mol. The third kappa shape index (κ3) is 5.04. The summed E-state index contributed by atoms with van der Waals surface area (Å²) in [5.74, 6) is 1.41. The molecule has 1 fully saturated rings. The van der Waals surface area contributed by atoms with E-state index in [4.69, 9.17) is 20.2 Å². The van der Waals surface area contributed by atoms with Crippen molar-refractivity contribution in [2.75, 3.05) is 33.4 Å². The molecule has 2 aromatic rings. The largest absolute Gasteiger partial charge is 0.496 e. The first-order valence-electron chi connectivity index (χ1n) is 9.93. The van der Waals surface area contributed by atoms with E-state index in [9.17, 15) is 0 Å². The van der Waals surface area contributed by atoms with Crippen LogP contribution in [-0.2, 0) is 16.6 Å². The number of nitrogens with zero attached hydrogens (tertiary/aromatic N) is 1. The molecule has 3 rings (SSSR count). The zero-order valence-electron chi connectivity index (χ0n) is 16.9. The molecule has 0 amide bonds. The number of nitrogens with two attached hydrogens (primary N) is 1. The lowest BCUT2D eigenvalue weighted by atomic mass is 9.73. The van der Waals surface area contributed by atoms with Crippen LogP contribution in [0, 0.1) is 6.92 Å². The molecule has 0 spiro atoms. The van der Waals surface area contributed by atoms with Crippen molar-refractivity contribution in [2.45, 2.75) is 31.6 Å². The third-order valence-electron chi connectivity index (χ3n) is 5.49. The molecule has 0 unspecified atom stereocenters. The Kier molecular flexibility index (Phi) is 6.93. The number of methoxy groups -OCH3 is 1. The zero-order chi connectivity index (χ0) is 19.8. The summed E-state index contributed by atoms with van der Waals surface area (Å²) >= 11 is 0. The summed E-state index contributed by atoms with van der Waals surface area (Å²) in [6.45, 7) is 4.96. The van der Waals surface area contributed by atoms with Crippen molar-refractivity contribution >= 4 is 5.96 Å². The van der Waals surface area contributed by atoms with E-state index in [2.05, 4.69) is 48.6 Å². The average Bonchev–Trinajstić information content (AvgIpc) is 2.74. The second-order valence-electron chi connectivity index (χ2n) is 7.46. The summed E-state index contributed by atoms with van der Waals surface area (Å²) in [5.41, 5.74) is 9.77. The summed E-state index contributed by atoms with van der Waals surface area (Å²) < 4.78 is 11.3. The lowest BCUT2D eigenvalue weighted by molar-refractivity contribution is 0.0522. The number of guanidine groups is 1. The van der Waals surface area contributed by atoms with Crippen molar-refractivity contribution in [2.24, 2.45) is 10.7 Å². The molecule has 1 aliphatic heterocycles. The van der Waals surface area contributed by atoms with E-state index >= 15 is 0 Å². The average molecular weight is 382 g/mol. The maximum atomic E-state index is 6.17. The molecular formula is C23H31N3O2. The monoisotopic (exact) mass is 381 g/mol. The minimum absolute atomic E-state index is 0.110. The summed E-state index contributed by atoms with van der Waals surface area (Å²) in [6.07, 6.45) is 2.74. The van der Waals surface area contributed by atoms with E-state index in [0.29, 0.717) is 12.5 Å². The Bertz CT molecular complexity index is 784. The van der Waals surface area contributed by atoms with Gasteiger partial charge in [0.1, 0.15) is 5.75 Å². The van der Waals surface area contributed by atoms with Gasteiger partial charge in [0.25, 0.3) is 0 Å². The highest BCUT2D eigenvalue weighted by Crippen LogP contribution is 2.40. The number of aliphatic imine (C=N–C) groups is 1. The van der Waals surface area contributed by atoms with Gasteiger partial charge in [-0.2, -0.15) is 0 Å². The molecule has 0 atom stereocenters. The molecule has 0 aliphatic carbocycles. The molecule has 0 radical (unpaired) electrons. The predicted octanol–water partition coefficient (Wildman–Crippen LogP) is 3.20. The Morgan fingerprint density at radius 2 is 1.93 bits per heavy atom. The SMILES string of the molecule is COc1ccc(C)cc1C1(CN=C(N)NCCc2ccccc2)CCOCC1. The van der Waals surface area contributed by atoms with Gasteiger partial charge in [-0.3, -0.25) is 4.99 Å². The van der Waals surface area contributed by atoms with E-state index in [0.717, 1.165) is 44.8 Å². The number of nitrogens with one attached hydrogen (secondary N) is 1. The zero-order valence-corrected chi connectivity index (χ0v) is 16.9. The minimum atomic E-state index is -0.110. The smallest absolute Gasteiger partial charge is 0.188 e. The maximum Gasteiger partial charge on any atom is 0.188 e. The van der Waals surface area contributed by atoms with E-state index in [1.165, 1.54) is 16.7 Å². The van der Waals surface area contributed by atoms with Crippen molar-refractivity contribution in [3.05, 3.63) is 65.2 Å². The van der Waals surface area contributed by atoms with Crippen LogP contribution in [-0.4, -0.2) is 39.4 Å². The molecule has 3 N–H and O–H groups in total. The van der Waals surface area contributed by atoms with E-state index in [1.54, 1.807) is 7.11 Å². The summed E-state index contributed by atoms with van der Waals surface area (Å²) in [5, 5.41) is 3.24. The predicted molar refractivity (Wildman–Crippen MR) is 114 cm³/mol. The highest BCUT2D eigenvalue weighted by Gasteiger charge is 2.37. The third-order valence-corrected chi connectivity index (χ3v) is 5.49. The van der Waals surface area contributed by atoms with Crippen LogP contribution in [0.4, 0.5) is 0 Å². The number of ether oxygens (including phenoxy) is 2. The minimum Gasteiger partial charge on any atom is -0.496 e. The standard InChI is InChI=1S/C23H31N3O2/c1-18-8-9-21(27-2)20(16-18)23(11-14-28-15-12-23)17-26-22(24)25-13-10-19-6-4-3-5-7-19/h3-9,16H,10-15,17H2,1-2H3,(H3,24,25,26). The lowest BCUT2D eigenvalue weighted by Crippen LogP contribution is -2.40. The molecule has 0 saturated carbocycles. The second kappa shape index (κ2) is 9.60. The molecule has 0 aromatic heterocycles. The molecule has 0 bridgehead atoms. The van der Waals surface area contributed by atoms with Crippen LogP contribution < -0.4 is 15.8 Å². The van der Waals surface area contributed by atoms with Crippen LogP contribution in [0.3, 0.4) is 0 Å². The van der Waals surface area contributed by atoms with Gasteiger partial charge < -0.3 is 20.5 Å². The Morgan fingerprint density at radius 1 is 1.18 bits per heavy atom. The van der Waals surface area contributed by atoms with Crippen molar-refractivity contribution in [1.82, 2.24) is 5.32 Å². The summed E-state index contributed by atoms with van der Waals surface area (Å²) in [7, 11) is 1.73. The summed E-state index contributed by atoms with van der Waals surface area (Å²) in [6, 6.07) is 16.7. The second-order valence-corrected chi connectivity index (χ2v) is 7.46. The maximum absolute atomic E-state index is 6.17. The summed E-state index contributed by atoms with van der Waals surface area (Å²) in [4.78, 5) is 4.70. The Morgan fingerprint density at radius 3 is 2.64 bits per heavy atom. The van der Waals surface area contributed by atoms with E-state index in [1.807, 2.05) is 12.1 Å². The number of benzene rings is 2. The fourth-order valence-electron chi connectivity index (χ4n) is 3.78. The Balaban J connectivity index is 1.70. The van der Waals surface area contributed by atoms with Gasteiger partial charge in [-0.25, -0.2) is 0 Å². The van der Waals surface area contributed by atoms with Crippen LogP contribution in [0.1, 0.15) is 29.5 Å². The quantitative estimate of drug-likeness (QED) is 0.571. The first-order chi connectivity index (χ1) is 13.6. The molecule has 1 heterocycles. The molecule has 1 saturated heterocycles. The van der Waals surface area contributed by atoms with Crippen molar-refractivity contribution < 1.29 is 9.47 Å². The number of rotatable bonds is 7. The fraction of sp³-hybridized carbons (Fsp3) is 0.435. The first-order valence-corrected chi connectivity index (χ1v) is 9.93. The van der Waals surface area contributed by atoms with Crippen LogP contribution in [0.2, 0.25) is 0 Å². The molecule has 150 valence electrons. The van der Waals surface area contributed by atoms with Gasteiger partial charge in [0.05, 0.1) is 13.7 Å². The van der Waals surface area contributed by atoms with Gasteiger partial charge in [0, 0.05) is 30.7 Å². The fourth-order valence-corrected chi connectivity index (χ4v) is 3.78. The number of hydrogen-bond donors (Lipinski definition) is 2. The van der Waals surface area contributed by atoms with Crippen LogP contribution in [0.25, 0.3) is 0 Å². The molecule has 2 aromatic carbocycles. The molecule has 5 heteroatoms. The highest BCUT2D eigenvalue weighted by molar-refractivity contribution is 5.77. The van der Waals surface area contributed by atoms with Gasteiger partial charge >= 0.3 is 0 Å². The van der Waals surface area contributed by atoms with Crippen molar-refractivity contribution in [1.29, 1.82) is 0 Å². The number of aryl methyl sites for hydroxylation is 1. The lowest BCUT2D eigenvalue weighted by Gasteiger charge is -2.37. The van der Waals surface area contributed by atoms with Crippen LogP contribution >= 0.6 is 0 Å². The van der Waals surface area contributed by atoms with E-state index in [-0.39, 0.29) is 5.41 Å². The van der Waals surface area contributed by atoms with Gasteiger partial charge in [-0.1, -0.05) is 48.0 Å². The van der Waals surface area contributed by atoms with E-state index < -0.39 is 0 Å². The molecule has 5 nitrogen and oxygen atoms in total. The topological polar surface area (TPSA) is 68.9 Å². The van der Waals surface area contributed by atoms with Gasteiger partial charge in [-0.05, 0) is 37.8 Å². The van der Waals surface area contributed by atoms with Crippen LogP contribution in [0.5, 0.6) is 5.75 Å². The highest BCUT2D eigenvalue weighted by atomic mass is 16.5. The first kappa shape index (κ1) is 20.2. The van der Waals surface area contributed by atoms with Crippen molar-refractivity contribution in [3.63, 3.8) is 0 Å². The van der Waals surface area contributed by atoms with Gasteiger partial charge in [0.15, 0.2) is 5.96 Å². The number of hydrogen-bond acceptors (Lipinski definition) is 3. The van der Waals surface area contributed by atoms with Gasteiger partial charge in [-0.15, -0.1) is 0 Å². The van der Waals surface area contributed by atoms with Crippen molar-refractivity contribution in [3.8, 4) is 5.75 Å². The van der Waals surface area contributed by atoms with Crippen LogP contribution in [0.15, 0.2) is 53.5 Å². The Hall–Kier alpha value is -2.53.